The van der Waals surface area contributed by atoms with Gasteiger partial charge in [0.15, 0.2) is 0 Å². The van der Waals surface area contributed by atoms with Crippen molar-refractivity contribution in [2.24, 2.45) is 0 Å². The van der Waals surface area contributed by atoms with Crippen LogP contribution >= 0.6 is 0 Å². The van der Waals surface area contributed by atoms with Gasteiger partial charge in [0.25, 0.3) is 5.91 Å². The van der Waals surface area contributed by atoms with Crippen LogP contribution in [0.4, 0.5) is 8.78 Å². The number of aromatic nitrogens is 2. The van der Waals surface area contributed by atoms with E-state index in [1.54, 1.807) is 18.3 Å². The molecule has 2 N–H and O–H groups in total. The fourth-order valence-electron chi connectivity index (χ4n) is 2.18. The molecular weight excluding hydrogens is 276 g/mol. The smallest absolute Gasteiger partial charge is 0.252 e. The first-order chi connectivity index (χ1) is 10.1. The van der Waals surface area contributed by atoms with Crippen LogP contribution < -0.4 is 5.32 Å². The second-order valence-corrected chi connectivity index (χ2v) is 4.53. The van der Waals surface area contributed by atoms with Crippen molar-refractivity contribution >= 4 is 16.8 Å². The molecule has 0 aliphatic heterocycles. The summed E-state index contributed by atoms with van der Waals surface area (Å²) in [5.41, 5.74) is 0.799. The summed E-state index contributed by atoms with van der Waals surface area (Å²) in [6.07, 6.45) is 2.87. The van der Waals surface area contributed by atoms with Crippen molar-refractivity contribution in [1.82, 2.24) is 15.3 Å². The Morgan fingerprint density at radius 1 is 1.24 bits per heavy atom. The van der Waals surface area contributed by atoms with Crippen LogP contribution in [0.5, 0.6) is 0 Å². The Morgan fingerprint density at radius 3 is 2.76 bits per heavy atom. The Hall–Kier alpha value is -2.76. The van der Waals surface area contributed by atoms with Gasteiger partial charge in [-0.3, -0.25) is 9.78 Å². The van der Waals surface area contributed by atoms with Crippen LogP contribution in [-0.4, -0.2) is 22.9 Å². The summed E-state index contributed by atoms with van der Waals surface area (Å²) in [5, 5.41) is 3.01. The van der Waals surface area contributed by atoms with Gasteiger partial charge in [0.1, 0.15) is 17.3 Å². The molecule has 4 nitrogen and oxygen atoms in total. The predicted octanol–water partition coefficient (Wildman–Crippen LogP) is 2.87. The fraction of sp³-hybridized carbons (Fsp3) is 0.0667. The zero-order chi connectivity index (χ0) is 15.0. The van der Waals surface area contributed by atoms with Gasteiger partial charge < -0.3 is 10.3 Å². The van der Waals surface area contributed by atoms with Crippen molar-refractivity contribution < 1.29 is 13.6 Å². The fourth-order valence-corrected chi connectivity index (χ4v) is 2.18. The highest BCUT2D eigenvalue weighted by Gasteiger charge is 2.14. The molecule has 1 amide bonds. The van der Waals surface area contributed by atoms with Crippen LogP contribution in [0.2, 0.25) is 0 Å². The minimum absolute atomic E-state index is 0.00431. The lowest BCUT2D eigenvalue weighted by Gasteiger charge is -2.06. The number of halogens is 2. The highest BCUT2D eigenvalue weighted by Crippen LogP contribution is 2.27. The van der Waals surface area contributed by atoms with Crippen molar-refractivity contribution in [1.29, 1.82) is 0 Å². The third-order valence-electron chi connectivity index (χ3n) is 3.22. The number of aromatic amines is 1. The van der Waals surface area contributed by atoms with Gasteiger partial charge in [0, 0.05) is 30.4 Å². The normalized spacial score (nSPS) is 10.8. The van der Waals surface area contributed by atoms with Crippen LogP contribution in [0, 0.1) is 11.6 Å². The number of hydrogen-bond donors (Lipinski definition) is 2. The maximum Gasteiger partial charge on any atom is 0.252 e. The van der Waals surface area contributed by atoms with E-state index in [1.165, 1.54) is 19.3 Å². The van der Waals surface area contributed by atoms with E-state index < -0.39 is 17.5 Å². The molecule has 3 rings (SSSR count). The van der Waals surface area contributed by atoms with Crippen molar-refractivity contribution in [3.8, 4) is 11.3 Å². The number of rotatable bonds is 2. The van der Waals surface area contributed by atoms with Gasteiger partial charge in [0.2, 0.25) is 0 Å². The largest absolute Gasteiger partial charge is 0.359 e. The van der Waals surface area contributed by atoms with Crippen LogP contribution in [0.15, 0.2) is 36.7 Å². The molecule has 0 spiro atoms. The molecule has 0 fully saturated rings. The molecule has 106 valence electrons. The average molecular weight is 287 g/mol. The van der Waals surface area contributed by atoms with Crippen LogP contribution in [0.25, 0.3) is 22.2 Å². The maximum atomic E-state index is 14.1. The highest BCUT2D eigenvalue weighted by atomic mass is 19.1. The number of carbonyl (C=O) groups excluding carboxylic acids is 1. The number of hydrogen-bond acceptors (Lipinski definition) is 2. The van der Waals surface area contributed by atoms with E-state index in [0.29, 0.717) is 16.5 Å². The lowest BCUT2D eigenvalue weighted by atomic mass is 10.1. The molecule has 6 heteroatoms. The van der Waals surface area contributed by atoms with Crippen molar-refractivity contribution in [2.75, 3.05) is 7.05 Å². The van der Waals surface area contributed by atoms with E-state index in [9.17, 15) is 13.6 Å². The molecule has 0 saturated heterocycles. The minimum Gasteiger partial charge on any atom is -0.359 e. The first-order valence-electron chi connectivity index (χ1n) is 6.25. The average Bonchev–Trinajstić information content (AvgIpc) is 2.95. The predicted molar refractivity (Wildman–Crippen MR) is 74.8 cm³/mol. The summed E-state index contributed by atoms with van der Waals surface area (Å²) >= 11 is 0. The van der Waals surface area contributed by atoms with Gasteiger partial charge in [-0.1, -0.05) is 0 Å². The third kappa shape index (κ3) is 2.24. The Kier molecular flexibility index (Phi) is 3.13. The molecule has 3 aromatic rings. The molecule has 0 radical (unpaired) electrons. The van der Waals surface area contributed by atoms with Crippen molar-refractivity contribution in [3.05, 3.63) is 53.9 Å². The maximum absolute atomic E-state index is 14.1. The van der Waals surface area contributed by atoms with Crippen LogP contribution in [0.3, 0.4) is 0 Å². The van der Waals surface area contributed by atoms with Gasteiger partial charge in [-0.05, 0) is 24.3 Å². The summed E-state index contributed by atoms with van der Waals surface area (Å²) in [6.45, 7) is 0. The number of nitrogens with zero attached hydrogens (tertiary/aromatic N) is 1. The Labute approximate surface area is 118 Å². The third-order valence-corrected chi connectivity index (χ3v) is 3.22. The molecule has 0 saturated carbocycles. The summed E-state index contributed by atoms with van der Waals surface area (Å²) in [5.74, 6) is -1.59. The van der Waals surface area contributed by atoms with Gasteiger partial charge in [-0.2, -0.15) is 0 Å². The van der Waals surface area contributed by atoms with E-state index in [4.69, 9.17) is 0 Å². The molecular formula is C15H11F2N3O. The van der Waals surface area contributed by atoms with E-state index in [-0.39, 0.29) is 11.3 Å². The molecule has 1 aromatic carbocycles. The molecule has 0 aliphatic rings. The summed E-state index contributed by atoms with van der Waals surface area (Å²) in [4.78, 5) is 18.1. The number of H-pyrrole nitrogens is 1. The molecule has 21 heavy (non-hydrogen) atoms. The zero-order valence-corrected chi connectivity index (χ0v) is 11.1. The van der Waals surface area contributed by atoms with Crippen molar-refractivity contribution in [2.45, 2.75) is 0 Å². The molecule has 0 atom stereocenters. The zero-order valence-electron chi connectivity index (χ0n) is 11.1. The highest BCUT2D eigenvalue weighted by molar-refractivity contribution is 5.94. The topological polar surface area (TPSA) is 57.8 Å². The van der Waals surface area contributed by atoms with Gasteiger partial charge in [0.05, 0.1) is 11.1 Å². The Balaban J connectivity index is 2.12. The quantitative estimate of drug-likeness (QED) is 0.761. The Bertz CT molecular complexity index is 842. The number of pyridine rings is 1. The van der Waals surface area contributed by atoms with Gasteiger partial charge in [-0.25, -0.2) is 8.78 Å². The molecule has 2 heterocycles. The number of amides is 1. The number of benzene rings is 1. The lowest BCUT2D eigenvalue weighted by molar-refractivity contribution is 0.0962. The SMILES string of the molecule is CNC(=O)c1cnc(-c2cc(F)c3[nH]ccc3c2)c(F)c1. The monoisotopic (exact) mass is 287 g/mol. The Morgan fingerprint density at radius 2 is 2.05 bits per heavy atom. The number of carbonyl (C=O) groups is 1. The van der Waals surface area contributed by atoms with E-state index >= 15 is 0 Å². The molecule has 0 bridgehead atoms. The van der Waals surface area contributed by atoms with E-state index in [2.05, 4.69) is 15.3 Å². The van der Waals surface area contributed by atoms with Crippen LogP contribution in [-0.2, 0) is 0 Å². The summed E-state index contributed by atoms with van der Waals surface area (Å²) < 4.78 is 28.0. The van der Waals surface area contributed by atoms with Gasteiger partial charge in [-0.15, -0.1) is 0 Å². The number of nitrogens with one attached hydrogen (secondary N) is 2. The standard InChI is InChI=1S/C15H11F2N3O/c1-18-15(21)10-6-12(17)14(20-7-10)9-4-8-2-3-19-13(8)11(16)5-9/h2-7,19H,1H3,(H,18,21). The summed E-state index contributed by atoms with van der Waals surface area (Å²) in [7, 11) is 1.45. The van der Waals surface area contributed by atoms with E-state index in [1.807, 2.05) is 0 Å². The molecule has 2 aromatic heterocycles. The number of fused-ring (bicyclic) bond motifs is 1. The minimum atomic E-state index is -0.676. The first kappa shape index (κ1) is 13.2. The second kappa shape index (κ2) is 4.97. The summed E-state index contributed by atoms with van der Waals surface area (Å²) in [6, 6.07) is 5.63. The molecule has 0 aliphatic carbocycles. The second-order valence-electron chi connectivity index (χ2n) is 4.53. The van der Waals surface area contributed by atoms with Crippen LogP contribution in [0.1, 0.15) is 10.4 Å². The van der Waals surface area contributed by atoms with Crippen molar-refractivity contribution in [3.63, 3.8) is 0 Å². The first-order valence-corrected chi connectivity index (χ1v) is 6.25. The van der Waals surface area contributed by atoms with Gasteiger partial charge >= 0.3 is 0 Å². The lowest BCUT2D eigenvalue weighted by Crippen LogP contribution is -2.18. The van der Waals surface area contributed by atoms with E-state index in [0.717, 1.165) is 6.07 Å². The molecule has 0 unspecified atom stereocenters.